The molecule has 4 aromatic rings. The zero-order chi connectivity index (χ0) is 33.6. The second-order valence-electron chi connectivity index (χ2n) is 12.5. The lowest BCUT2D eigenvalue weighted by atomic mass is 9.89. The molecule has 248 valence electrons. The largest absolute Gasteiger partial charge is 0.493 e. The molecule has 0 N–H and O–H groups in total. The van der Waals surface area contributed by atoms with E-state index < -0.39 is 0 Å². The van der Waals surface area contributed by atoms with Gasteiger partial charge in [0.2, 0.25) is 5.91 Å². The van der Waals surface area contributed by atoms with Gasteiger partial charge in [-0.25, -0.2) is 4.79 Å². The highest BCUT2D eigenvalue weighted by Gasteiger charge is 2.38. The smallest absolute Gasteiger partial charge is 0.410 e. The second kappa shape index (κ2) is 14.9. The molecule has 2 unspecified atom stereocenters. The normalized spacial score (nSPS) is 17.7. The summed E-state index contributed by atoms with van der Waals surface area (Å²) < 4.78 is 11.6. The van der Waals surface area contributed by atoms with Gasteiger partial charge in [0.05, 0.1) is 12.6 Å². The molecule has 8 nitrogen and oxygen atoms in total. The van der Waals surface area contributed by atoms with Crippen molar-refractivity contribution in [1.82, 2.24) is 4.90 Å². The number of hydrogen-bond acceptors (Lipinski definition) is 5. The van der Waals surface area contributed by atoms with E-state index in [1.54, 1.807) is 41.0 Å². The minimum absolute atomic E-state index is 0.0772. The Morgan fingerprint density at radius 3 is 2.21 bits per heavy atom. The molecule has 1 saturated heterocycles. The summed E-state index contributed by atoms with van der Waals surface area (Å²) in [5.74, 6) is 0.841. The zero-order valence-corrected chi connectivity index (χ0v) is 28.0. The maximum absolute atomic E-state index is 14.0. The topological polar surface area (TPSA) is 79.4 Å². The minimum Gasteiger partial charge on any atom is -0.493 e. The maximum atomic E-state index is 14.0. The first-order valence-corrected chi connectivity index (χ1v) is 16.8. The quantitative estimate of drug-likeness (QED) is 0.189. The Morgan fingerprint density at radius 1 is 0.854 bits per heavy atom. The van der Waals surface area contributed by atoms with Crippen molar-refractivity contribution in [3.05, 3.63) is 125 Å². The number of rotatable bonds is 8. The van der Waals surface area contributed by atoms with Gasteiger partial charge in [-0.05, 0) is 97.8 Å². The highest BCUT2D eigenvalue weighted by atomic mass is 35.5. The lowest BCUT2D eigenvalue weighted by Crippen LogP contribution is -2.47. The van der Waals surface area contributed by atoms with Crippen LogP contribution in [0, 0.1) is 5.92 Å². The molecular formula is C39H40ClN3O5. The van der Waals surface area contributed by atoms with Gasteiger partial charge in [0.25, 0.3) is 5.91 Å². The van der Waals surface area contributed by atoms with Crippen LogP contribution in [-0.2, 0) is 16.1 Å². The molecule has 0 saturated carbocycles. The molecule has 2 atom stereocenters. The van der Waals surface area contributed by atoms with Gasteiger partial charge in [-0.15, -0.1) is 0 Å². The molecule has 1 fully saturated rings. The highest BCUT2D eigenvalue weighted by Crippen LogP contribution is 2.43. The van der Waals surface area contributed by atoms with Crippen molar-refractivity contribution in [2.75, 3.05) is 29.5 Å². The Balaban J connectivity index is 1.06. The van der Waals surface area contributed by atoms with Gasteiger partial charge < -0.3 is 24.2 Å². The number of carbonyl (C=O) groups excluding carboxylic acids is 3. The predicted octanol–water partition coefficient (Wildman–Crippen LogP) is 8.30. The van der Waals surface area contributed by atoms with E-state index in [1.807, 2.05) is 90.7 Å². The summed E-state index contributed by atoms with van der Waals surface area (Å²) in [6.07, 6.45) is 1.97. The Hall–Kier alpha value is -4.82. The van der Waals surface area contributed by atoms with Crippen LogP contribution in [0.15, 0.2) is 103 Å². The molecule has 0 aromatic heterocycles. The van der Waals surface area contributed by atoms with Crippen molar-refractivity contribution in [3.63, 3.8) is 0 Å². The van der Waals surface area contributed by atoms with E-state index in [0.29, 0.717) is 48.4 Å². The molecule has 0 radical (unpaired) electrons. The molecule has 2 aliphatic rings. The van der Waals surface area contributed by atoms with Gasteiger partial charge in [-0.1, -0.05) is 60.1 Å². The van der Waals surface area contributed by atoms with Crippen LogP contribution in [-0.4, -0.2) is 48.5 Å². The van der Waals surface area contributed by atoms with E-state index in [4.69, 9.17) is 21.1 Å². The Morgan fingerprint density at radius 2 is 1.52 bits per heavy atom. The van der Waals surface area contributed by atoms with Crippen LogP contribution in [0.4, 0.5) is 16.2 Å². The van der Waals surface area contributed by atoms with Gasteiger partial charge >= 0.3 is 6.09 Å². The van der Waals surface area contributed by atoms with E-state index in [9.17, 15) is 14.4 Å². The number of benzene rings is 4. The third kappa shape index (κ3) is 7.50. The summed E-state index contributed by atoms with van der Waals surface area (Å²) in [7, 11) is 0. The number of fused-ring (bicyclic) bond motifs is 1. The standard InChI is InChI=1S/C39H40ClN3O5/c1-27-24-37(43(28(2)44)33-16-14-32(40)15-17-33)35-10-6-7-11-36(35)42(27)38(45)31-12-18-34(19-13-31)47-25-30-20-22-41(23-21-30)39(46)48-26-29-8-4-3-5-9-29/h3-19,27,30,37H,20-26H2,1-2H3. The molecular weight excluding hydrogens is 626 g/mol. The average Bonchev–Trinajstić information content (AvgIpc) is 3.11. The fraction of sp³-hybridized carbons (Fsp3) is 0.308. The van der Waals surface area contributed by atoms with Crippen molar-refractivity contribution in [2.45, 2.75) is 51.8 Å². The molecule has 2 aliphatic heterocycles. The number of piperidine rings is 1. The third-order valence-corrected chi connectivity index (χ3v) is 9.45. The van der Waals surface area contributed by atoms with Gasteiger partial charge in [0.1, 0.15) is 12.4 Å². The molecule has 0 spiro atoms. The molecule has 3 amide bonds. The first kappa shape index (κ1) is 33.1. The fourth-order valence-electron chi connectivity index (χ4n) is 6.66. The van der Waals surface area contributed by atoms with Gasteiger partial charge in [0, 0.05) is 48.0 Å². The molecule has 9 heteroatoms. The van der Waals surface area contributed by atoms with Crippen LogP contribution in [0.25, 0.3) is 0 Å². The average molecular weight is 666 g/mol. The van der Waals surface area contributed by atoms with Crippen LogP contribution in [0.2, 0.25) is 5.02 Å². The summed E-state index contributed by atoms with van der Waals surface area (Å²) in [4.78, 5) is 44.8. The van der Waals surface area contributed by atoms with E-state index in [0.717, 1.165) is 35.3 Å². The number of hydrogen-bond donors (Lipinski definition) is 0. The van der Waals surface area contributed by atoms with Crippen molar-refractivity contribution in [2.24, 2.45) is 5.92 Å². The van der Waals surface area contributed by atoms with Crippen LogP contribution < -0.4 is 14.5 Å². The Labute approximate surface area is 286 Å². The second-order valence-corrected chi connectivity index (χ2v) is 12.9. The van der Waals surface area contributed by atoms with E-state index >= 15 is 0 Å². The molecule has 4 aromatic carbocycles. The molecule has 6 rings (SSSR count). The van der Waals surface area contributed by atoms with Crippen molar-refractivity contribution >= 4 is 40.9 Å². The number of anilines is 2. The summed E-state index contributed by atoms with van der Waals surface area (Å²) >= 11 is 6.13. The van der Waals surface area contributed by atoms with Crippen LogP contribution >= 0.6 is 11.6 Å². The van der Waals surface area contributed by atoms with Crippen LogP contribution in [0.1, 0.15) is 60.6 Å². The molecule has 48 heavy (non-hydrogen) atoms. The number of carbonyl (C=O) groups is 3. The molecule has 2 heterocycles. The lowest BCUT2D eigenvalue weighted by molar-refractivity contribution is -0.117. The van der Waals surface area contributed by atoms with Gasteiger partial charge in [0.15, 0.2) is 0 Å². The Kier molecular flexibility index (Phi) is 10.3. The fourth-order valence-corrected chi connectivity index (χ4v) is 6.78. The summed E-state index contributed by atoms with van der Waals surface area (Å²) in [6, 6.07) is 31.6. The van der Waals surface area contributed by atoms with Crippen molar-refractivity contribution in [1.29, 1.82) is 0 Å². The predicted molar refractivity (Wildman–Crippen MR) is 188 cm³/mol. The van der Waals surface area contributed by atoms with E-state index in [2.05, 4.69) is 0 Å². The summed E-state index contributed by atoms with van der Waals surface area (Å²) in [6.45, 7) is 5.67. The van der Waals surface area contributed by atoms with Crippen LogP contribution in [0.5, 0.6) is 5.75 Å². The monoisotopic (exact) mass is 665 g/mol. The number of halogens is 1. The number of likely N-dealkylation sites (tertiary alicyclic amines) is 1. The van der Waals surface area contributed by atoms with E-state index in [-0.39, 0.29) is 36.6 Å². The van der Waals surface area contributed by atoms with Crippen molar-refractivity contribution in [3.8, 4) is 5.75 Å². The molecule has 0 aliphatic carbocycles. The lowest BCUT2D eigenvalue weighted by Gasteiger charge is -2.43. The molecule has 0 bridgehead atoms. The Bertz CT molecular complexity index is 1720. The number of ether oxygens (including phenoxy) is 2. The first-order valence-electron chi connectivity index (χ1n) is 16.4. The van der Waals surface area contributed by atoms with Crippen LogP contribution in [0.3, 0.4) is 0 Å². The number of nitrogens with zero attached hydrogens (tertiary/aromatic N) is 3. The third-order valence-electron chi connectivity index (χ3n) is 9.20. The zero-order valence-electron chi connectivity index (χ0n) is 27.3. The van der Waals surface area contributed by atoms with Crippen molar-refractivity contribution < 1.29 is 23.9 Å². The minimum atomic E-state index is -0.280. The summed E-state index contributed by atoms with van der Waals surface area (Å²) in [5.41, 5.74) is 4.01. The maximum Gasteiger partial charge on any atom is 0.410 e. The first-order chi connectivity index (χ1) is 23.3. The highest BCUT2D eigenvalue weighted by molar-refractivity contribution is 6.30. The van der Waals surface area contributed by atoms with E-state index in [1.165, 1.54) is 0 Å². The number of amides is 3. The SMILES string of the molecule is CC(=O)N(c1ccc(Cl)cc1)C1CC(C)N(C(=O)c2ccc(OCC3CCN(C(=O)OCc4ccccc4)CC3)cc2)c2ccccc21. The van der Waals surface area contributed by atoms with Gasteiger partial charge in [-0.2, -0.15) is 0 Å². The van der Waals surface area contributed by atoms with Gasteiger partial charge in [-0.3, -0.25) is 9.59 Å². The summed E-state index contributed by atoms with van der Waals surface area (Å²) in [5, 5.41) is 0.604. The number of para-hydroxylation sites is 1.